The first-order chi connectivity index (χ1) is 18.8. The Bertz CT molecular complexity index is 1670. The molecule has 1 aliphatic heterocycles. The molecule has 1 N–H and O–H groups in total. The molecule has 1 saturated heterocycles. The van der Waals surface area contributed by atoms with Crippen molar-refractivity contribution >= 4 is 45.5 Å². The summed E-state index contributed by atoms with van der Waals surface area (Å²) in [7, 11) is 1.25. The summed E-state index contributed by atoms with van der Waals surface area (Å²) in [5.74, 6) is -2.18. The molecule has 39 heavy (non-hydrogen) atoms. The Hall–Kier alpha value is -4.77. The smallest absolute Gasteiger partial charge is 0.350 e. The number of ether oxygens (including phenoxy) is 2. The molecule has 0 bridgehead atoms. The number of amides is 1. The fourth-order valence-electron chi connectivity index (χ4n) is 4.54. The third-order valence-corrected chi connectivity index (χ3v) is 7.44. The molecule has 0 saturated carbocycles. The average molecular weight is 545 g/mol. The number of imidazole rings is 1. The standard InChI is InChI=1S/C28H24N4O6S/c1-5-14-38-18-11-9-17(10-12-18)22-20(23(33)21-15(2)29-19-8-6-7-13-31(19)21)24(34)26(35)32(22)28-30-16(3)25(39-28)27(36)37-4/h5-13,22,33H,1,14H2,2-4H3/b23-20+. The molecule has 11 heteroatoms. The largest absolute Gasteiger partial charge is 0.505 e. The minimum atomic E-state index is -1.04. The molecule has 1 aliphatic rings. The number of carbonyl (C=O) groups excluding carboxylic acids is 3. The number of thiazole rings is 1. The second-order valence-corrected chi connectivity index (χ2v) is 9.69. The molecule has 10 nitrogen and oxygen atoms in total. The topological polar surface area (TPSA) is 123 Å². The van der Waals surface area contributed by atoms with E-state index in [1.54, 1.807) is 66.9 Å². The van der Waals surface area contributed by atoms with Gasteiger partial charge >= 0.3 is 11.9 Å². The van der Waals surface area contributed by atoms with E-state index in [-0.39, 0.29) is 21.3 Å². The second-order valence-electron chi connectivity index (χ2n) is 8.72. The Balaban J connectivity index is 1.72. The summed E-state index contributed by atoms with van der Waals surface area (Å²) in [6, 6.07) is 11.1. The Morgan fingerprint density at radius 1 is 1.13 bits per heavy atom. The van der Waals surface area contributed by atoms with Crippen molar-refractivity contribution in [1.82, 2.24) is 14.4 Å². The van der Waals surface area contributed by atoms with Gasteiger partial charge in [-0.2, -0.15) is 0 Å². The summed E-state index contributed by atoms with van der Waals surface area (Å²) >= 11 is 0.935. The lowest BCUT2D eigenvalue weighted by Gasteiger charge is -2.23. The van der Waals surface area contributed by atoms with Crippen LogP contribution in [0.3, 0.4) is 0 Å². The van der Waals surface area contributed by atoms with E-state index < -0.39 is 23.7 Å². The number of pyridine rings is 1. The van der Waals surface area contributed by atoms with Crippen LogP contribution in [0.4, 0.5) is 5.13 Å². The van der Waals surface area contributed by atoms with Crippen molar-refractivity contribution in [3.05, 3.63) is 94.4 Å². The summed E-state index contributed by atoms with van der Waals surface area (Å²) in [5, 5.41) is 11.7. The summed E-state index contributed by atoms with van der Waals surface area (Å²) in [6.07, 6.45) is 3.33. The van der Waals surface area contributed by atoms with Crippen LogP contribution in [-0.4, -0.2) is 50.9 Å². The zero-order chi connectivity index (χ0) is 27.8. The highest BCUT2D eigenvalue weighted by atomic mass is 32.1. The molecular weight excluding hydrogens is 520 g/mol. The quantitative estimate of drug-likeness (QED) is 0.120. The molecule has 1 atom stereocenters. The molecular formula is C28H24N4O6S. The fraction of sp³-hybridized carbons (Fsp3) is 0.179. The predicted molar refractivity (Wildman–Crippen MR) is 145 cm³/mol. The van der Waals surface area contributed by atoms with E-state index in [0.717, 1.165) is 11.3 Å². The summed E-state index contributed by atoms with van der Waals surface area (Å²) in [4.78, 5) is 49.7. The monoisotopic (exact) mass is 544 g/mol. The van der Waals surface area contributed by atoms with Gasteiger partial charge in [0.05, 0.1) is 30.1 Å². The molecule has 198 valence electrons. The summed E-state index contributed by atoms with van der Waals surface area (Å²) < 4.78 is 12.1. The maximum absolute atomic E-state index is 13.6. The van der Waals surface area contributed by atoms with E-state index in [9.17, 15) is 19.5 Å². The van der Waals surface area contributed by atoms with Gasteiger partial charge in [0.15, 0.2) is 10.9 Å². The highest BCUT2D eigenvalue weighted by molar-refractivity contribution is 7.17. The predicted octanol–water partition coefficient (Wildman–Crippen LogP) is 4.39. The number of aryl methyl sites for hydroxylation is 2. The van der Waals surface area contributed by atoms with E-state index in [4.69, 9.17) is 9.47 Å². The van der Waals surface area contributed by atoms with Crippen molar-refractivity contribution in [3.63, 3.8) is 0 Å². The van der Waals surface area contributed by atoms with Crippen LogP contribution in [0.25, 0.3) is 11.4 Å². The number of aliphatic hydroxyl groups excluding tert-OH is 1. The maximum Gasteiger partial charge on any atom is 0.350 e. The number of methoxy groups -OCH3 is 1. The SMILES string of the molecule is C=CCOc1ccc(C2/C(=C(\O)c3c(C)nc4ccccn34)C(=O)C(=O)N2c2nc(C)c(C(=O)OC)s2)cc1. The molecule has 1 aromatic carbocycles. The number of benzene rings is 1. The molecule has 1 amide bonds. The van der Waals surface area contributed by atoms with E-state index in [1.165, 1.54) is 12.0 Å². The highest BCUT2D eigenvalue weighted by Gasteiger charge is 2.49. The zero-order valence-electron chi connectivity index (χ0n) is 21.4. The van der Waals surface area contributed by atoms with Gasteiger partial charge in [-0.05, 0) is 43.7 Å². The normalized spacial score (nSPS) is 16.6. The third-order valence-electron chi connectivity index (χ3n) is 6.30. The van der Waals surface area contributed by atoms with Crippen LogP contribution < -0.4 is 9.64 Å². The Morgan fingerprint density at radius 3 is 2.56 bits per heavy atom. The van der Waals surface area contributed by atoms with Crippen LogP contribution in [0.15, 0.2) is 66.9 Å². The molecule has 1 fully saturated rings. The van der Waals surface area contributed by atoms with E-state index in [1.807, 2.05) is 6.07 Å². The first kappa shape index (κ1) is 25.9. The number of Topliss-reactive ketones (excluding diaryl/α,β-unsaturated/α-hetero) is 1. The number of esters is 1. The van der Waals surface area contributed by atoms with Crippen molar-refractivity contribution in [2.75, 3.05) is 18.6 Å². The minimum Gasteiger partial charge on any atom is -0.505 e. The molecule has 5 rings (SSSR count). The zero-order valence-corrected chi connectivity index (χ0v) is 22.2. The van der Waals surface area contributed by atoms with Crippen molar-refractivity contribution < 1.29 is 29.0 Å². The van der Waals surface area contributed by atoms with Crippen LogP contribution in [0.5, 0.6) is 5.75 Å². The van der Waals surface area contributed by atoms with Gasteiger partial charge in [-0.15, -0.1) is 0 Å². The third kappa shape index (κ3) is 4.36. The number of aliphatic hydroxyl groups is 1. The van der Waals surface area contributed by atoms with Crippen molar-refractivity contribution in [2.24, 2.45) is 0 Å². The van der Waals surface area contributed by atoms with E-state index in [2.05, 4.69) is 16.5 Å². The number of rotatable bonds is 7. The molecule has 3 aromatic heterocycles. The van der Waals surface area contributed by atoms with Gasteiger partial charge in [0, 0.05) is 6.20 Å². The number of anilines is 1. The molecule has 0 radical (unpaired) electrons. The van der Waals surface area contributed by atoms with Gasteiger partial charge in [0.25, 0.3) is 5.78 Å². The van der Waals surface area contributed by atoms with Gasteiger partial charge < -0.3 is 14.6 Å². The number of aromatic nitrogens is 3. The van der Waals surface area contributed by atoms with E-state index >= 15 is 0 Å². The first-order valence-electron chi connectivity index (χ1n) is 11.9. The van der Waals surface area contributed by atoms with Gasteiger partial charge in [-0.1, -0.05) is 42.2 Å². The molecule has 4 heterocycles. The van der Waals surface area contributed by atoms with E-state index in [0.29, 0.717) is 40.6 Å². The van der Waals surface area contributed by atoms with Gasteiger partial charge in [0.2, 0.25) is 0 Å². The lowest BCUT2D eigenvalue weighted by molar-refractivity contribution is -0.132. The number of hydrogen-bond donors (Lipinski definition) is 1. The Morgan fingerprint density at radius 2 is 1.87 bits per heavy atom. The number of fused-ring (bicyclic) bond motifs is 1. The van der Waals surface area contributed by atoms with Crippen LogP contribution in [-0.2, 0) is 14.3 Å². The number of hydrogen-bond acceptors (Lipinski definition) is 9. The molecule has 1 unspecified atom stereocenters. The second kappa shape index (κ2) is 10.2. The van der Waals surface area contributed by atoms with Gasteiger partial charge in [0.1, 0.15) is 28.6 Å². The number of carbonyl (C=O) groups is 3. The van der Waals surface area contributed by atoms with Gasteiger partial charge in [-0.3, -0.25) is 18.9 Å². The highest BCUT2D eigenvalue weighted by Crippen LogP contribution is 2.44. The lowest BCUT2D eigenvalue weighted by atomic mass is 9.96. The summed E-state index contributed by atoms with van der Waals surface area (Å²) in [5.41, 5.74) is 2.11. The molecule has 0 aliphatic carbocycles. The summed E-state index contributed by atoms with van der Waals surface area (Å²) in [6.45, 7) is 7.28. The average Bonchev–Trinajstić information content (AvgIpc) is 3.57. The fourth-order valence-corrected chi connectivity index (χ4v) is 5.55. The number of nitrogens with zero attached hydrogens (tertiary/aromatic N) is 4. The first-order valence-corrected chi connectivity index (χ1v) is 12.7. The number of ketones is 1. The van der Waals surface area contributed by atoms with Gasteiger partial charge in [-0.25, -0.2) is 14.8 Å². The Labute approximate surface area is 227 Å². The van der Waals surface area contributed by atoms with Crippen LogP contribution >= 0.6 is 11.3 Å². The van der Waals surface area contributed by atoms with Crippen molar-refractivity contribution in [1.29, 1.82) is 0 Å². The lowest BCUT2D eigenvalue weighted by Crippen LogP contribution is -2.29. The molecule has 0 spiro atoms. The van der Waals surface area contributed by atoms with Crippen molar-refractivity contribution in [3.8, 4) is 5.75 Å². The molecule has 4 aromatic rings. The van der Waals surface area contributed by atoms with Crippen LogP contribution in [0, 0.1) is 13.8 Å². The maximum atomic E-state index is 13.6. The van der Waals surface area contributed by atoms with Crippen LogP contribution in [0.1, 0.15) is 38.4 Å². The minimum absolute atomic E-state index is 0.124. The van der Waals surface area contributed by atoms with Crippen LogP contribution in [0.2, 0.25) is 0 Å². The van der Waals surface area contributed by atoms with Crippen molar-refractivity contribution in [2.45, 2.75) is 19.9 Å². The Kier molecular flexibility index (Phi) is 6.75.